The van der Waals surface area contributed by atoms with E-state index < -0.39 is 0 Å². The minimum atomic E-state index is 0. The van der Waals surface area contributed by atoms with Crippen molar-refractivity contribution in [3.05, 3.63) is 23.3 Å². The number of halogens is 1. The van der Waals surface area contributed by atoms with Crippen molar-refractivity contribution in [2.45, 2.75) is 20.3 Å². The van der Waals surface area contributed by atoms with Crippen molar-refractivity contribution in [2.75, 3.05) is 27.2 Å². The largest absolute Gasteiger partial charge is 0.344 e. The SMILES string of the molecule is CNCCN(C)C(=O)Cc1nc2nc(C)cc(C)n2n1.Cl. The van der Waals surface area contributed by atoms with Gasteiger partial charge in [0, 0.05) is 31.5 Å². The number of aryl methyl sites for hydroxylation is 2. The Labute approximate surface area is 130 Å². The topological polar surface area (TPSA) is 75.4 Å². The predicted octanol–water partition coefficient (Wildman–Crippen LogP) is 0.383. The predicted molar refractivity (Wildman–Crippen MR) is 82.8 cm³/mol. The van der Waals surface area contributed by atoms with E-state index in [-0.39, 0.29) is 24.7 Å². The molecule has 1 N–H and O–H groups in total. The van der Waals surface area contributed by atoms with Crippen LogP contribution in [0.3, 0.4) is 0 Å². The van der Waals surface area contributed by atoms with Gasteiger partial charge in [-0.15, -0.1) is 17.5 Å². The number of nitrogens with one attached hydrogen (secondary N) is 1. The standard InChI is InChI=1S/C13H20N6O.ClH/c1-9-7-10(2)19-13(15-9)16-11(17-19)8-12(20)18(4)6-5-14-3;/h7,14H,5-6,8H2,1-4H3;1H. The molecule has 21 heavy (non-hydrogen) atoms. The molecule has 0 saturated carbocycles. The molecule has 2 rings (SSSR count). The third kappa shape index (κ3) is 4.12. The molecule has 0 fully saturated rings. The second kappa shape index (κ2) is 7.33. The summed E-state index contributed by atoms with van der Waals surface area (Å²) in [7, 11) is 3.64. The zero-order valence-corrected chi connectivity index (χ0v) is 13.6. The van der Waals surface area contributed by atoms with Gasteiger partial charge in [-0.1, -0.05) is 0 Å². The van der Waals surface area contributed by atoms with Crippen LogP contribution in [-0.2, 0) is 11.2 Å². The molecule has 0 atom stereocenters. The van der Waals surface area contributed by atoms with Crippen LogP contribution in [0, 0.1) is 13.8 Å². The summed E-state index contributed by atoms with van der Waals surface area (Å²) in [5, 5.41) is 7.35. The molecule has 2 heterocycles. The number of carbonyl (C=O) groups is 1. The van der Waals surface area contributed by atoms with E-state index >= 15 is 0 Å². The average molecular weight is 313 g/mol. The van der Waals surface area contributed by atoms with E-state index in [4.69, 9.17) is 0 Å². The molecular formula is C13H21ClN6O. The molecule has 0 saturated heterocycles. The van der Waals surface area contributed by atoms with Gasteiger partial charge in [0.2, 0.25) is 5.91 Å². The van der Waals surface area contributed by atoms with Gasteiger partial charge in [0.25, 0.3) is 5.78 Å². The maximum Gasteiger partial charge on any atom is 0.252 e. The molecule has 0 unspecified atom stereocenters. The van der Waals surface area contributed by atoms with Gasteiger partial charge in [-0.25, -0.2) is 9.50 Å². The minimum Gasteiger partial charge on any atom is -0.344 e. The van der Waals surface area contributed by atoms with E-state index in [0.29, 0.717) is 18.1 Å². The van der Waals surface area contributed by atoms with Crippen LogP contribution in [0.1, 0.15) is 17.2 Å². The molecule has 0 aliphatic heterocycles. The van der Waals surface area contributed by atoms with E-state index in [1.807, 2.05) is 27.0 Å². The Hall–Kier alpha value is -1.73. The molecule has 0 aliphatic rings. The normalized spacial score (nSPS) is 10.5. The summed E-state index contributed by atoms with van der Waals surface area (Å²) in [6.07, 6.45) is 0.196. The number of hydrogen-bond donors (Lipinski definition) is 1. The van der Waals surface area contributed by atoms with Crippen molar-refractivity contribution in [2.24, 2.45) is 0 Å². The highest BCUT2D eigenvalue weighted by atomic mass is 35.5. The van der Waals surface area contributed by atoms with E-state index in [0.717, 1.165) is 17.9 Å². The van der Waals surface area contributed by atoms with Crippen LogP contribution in [0.5, 0.6) is 0 Å². The summed E-state index contributed by atoms with van der Waals surface area (Å²) >= 11 is 0. The molecule has 2 aromatic rings. The van der Waals surface area contributed by atoms with Crippen molar-refractivity contribution in [1.82, 2.24) is 29.8 Å². The molecule has 0 aliphatic carbocycles. The zero-order valence-electron chi connectivity index (χ0n) is 12.8. The highest BCUT2D eigenvalue weighted by molar-refractivity contribution is 5.85. The first-order chi connectivity index (χ1) is 9.51. The van der Waals surface area contributed by atoms with Gasteiger partial charge >= 0.3 is 0 Å². The van der Waals surface area contributed by atoms with Gasteiger partial charge in [-0.05, 0) is 27.0 Å². The van der Waals surface area contributed by atoms with Crippen LogP contribution >= 0.6 is 12.4 Å². The smallest absolute Gasteiger partial charge is 0.252 e. The fourth-order valence-electron chi connectivity index (χ4n) is 1.96. The number of carbonyl (C=O) groups excluding carboxylic acids is 1. The molecule has 0 spiro atoms. The second-order valence-corrected chi connectivity index (χ2v) is 4.87. The number of aromatic nitrogens is 4. The highest BCUT2D eigenvalue weighted by Crippen LogP contribution is 2.06. The summed E-state index contributed by atoms with van der Waals surface area (Å²) in [6, 6.07) is 1.94. The van der Waals surface area contributed by atoms with E-state index in [2.05, 4.69) is 20.4 Å². The van der Waals surface area contributed by atoms with Crippen molar-refractivity contribution >= 4 is 24.1 Å². The lowest BCUT2D eigenvalue weighted by molar-refractivity contribution is -0.129. The van der Waals surface area contributed by atoms with Crippen LogP contribution in [0.2, 0.25) is 0 Å². The first kappa shape index (κ1) is 17.3. The zero-order chi connectivity index (χ0) is 14.7. The highest BCUT2D eigenvalue weighted by Gasteiger charge is 2.14. The summed E-state index contributed by atoms with van der Waals surface area (Å²) < 4.78 is 1.67. The maximum atomic E-state index is 12.0. The fraction of sp³-hybridized carbons (Fsp3) is 0.538. The average Bonchev–Trinajstić information content (AvgIpc) is 2.78. The molecular weight excluding hydrogens is 292 g/mol. The summed E-state index contributed by atoms with van der Waals surface area (Å²) in [6.45, 7) is 5.29. The number of nitrogens with zero attached hydrogens (tertiary/aromatic N) is 5. The third-order valence-corrected chi connectivity index (χ3v) is 3.09. The fourth-order valence-corrected chi connectivity index (χ4v) is 1.96. The third-order valence-electron chi connectivity index (χ3n) is 3.09. The maximum absolute atomic E-state index is 12.0. The Bertz CT molecular complexity index is 626. The number of fused-ring (bicyclic) bond motifs is 1. The van der Waals surface area contributed by atoms with Crippen LogP contribution in [0.4, 0.5) is 0 Å². The van der Waals surface area contributed by atoms with Gasteiger partial charge in [0.05, 0.1) is 6.42 Å². The number of likely N-dealkylation sites (N-methyl/N-ethyl adjacent to an activating group) is 2. The van der Waals surface area contributed by atoms with Gasteiger partial charge in [-0.2, -0.15) is 4.98 Å². The second-order valence-electron chi connectivity index (χ2n) is 4.87. The Kier molecular flexibility index (Phi) is 6.04. The minimum absolute atomic E-state index is 0. The molecule has 0 bridgehead atoms. The molecule has 1 amide bonds. The van der Waals surface area contributed by atoms with E-state index in [9.17, 15) is 4.79 Å². The van der Waals surface area contributed by atoms with E-state index in [1.165, 1.54) is 0 Å². The van der Waals surface area contributed by atoms with Crippen molar-refractivity contribution in [3.8, 4) is 0 Å². The van der Waals surface area contributed by atoms with Crippen LogP contribution in [-0.4, -0.2) is 57.6 Å². The summed E-state index contributed by atoms with van der Waals surface area (Å²) in [5.74, 6) is 1.06. The quantitative estimate of drug-likeness (QED) is 0.864. The lowest BCUT2D eigenvalue weighted by Crippen LogP contribution is -2.34. The van der Waals surface area contributed by atoms with Gasteiger partial charge in [0.15, 0.2) is 5.82 Å². The van der Waals surface area contributed by atoms with Crippen molar-refractivity contribution in [3.63, 3.8) is 0 Å². The van der Waals surface area contributed by atoms with Crippen molar-refractivity contribution < 1.29 is 4.79 Å². The van der Waals surface area contributed by atoms with Crippen LogP contribution < -0.4 is 5.32 Å². The molecule has 0 radical (unpaired) electrons. The molecule has 0 aromatic carbocycles. The van der Waals surface area contributed by atoms with Crippen molar-refractivity contribution in [1.29, 1.82) is 0 Å². The number of hydrogen-bond acceptors (Lipinski definition) is 5. The number of rotatable bonds is 5. The monoisotopic (exact) mass is 312 g/mol. The Morgan fingerprint density at radius 3 is 2.76 bits per heavy atom. The first-order valence-electron chi connectivity index (χ1n) is 6.59. The Balaban J connectivity index is 0.00000220. The van der Waals surface area contributed by atoms with E-state index in [1.54, 1.807) is 16.5 Å². The summed E-state index contributed by atoms with van der Waals surface area (Å²) in [4.78, 5) is 22.3. The Morgan fingerprint density at radius 1 is 1.38 bits per heavy atom. The van der Waals surface area contributed by atoms with Gasteiger partial charge in [0.1, 0.15) is 0 Å². The first-order valence-corrected chi connectivity index (χ1v) is 6.59. The number of amides is 1. The Morgan fingerprint density at radius 2 is 2.10 bits per heavy atom. The molecule has 2 aromatic heterocycles. The summed E-state index contributed by atoms with van der Waals surface area (Å²) in [5.41, 5.74) is 1.86. The molecule has 8 heteroatoms. The van der Waals surface area contributed by atoms with Crippen LogP contribution in [0.25, 0.3) is 5.78 Å². The van der Waals surface area contributed by atoms with Gasteiger partial charge < -0.3 is 10.2 Å². The lowest BCUT2D eigenvalue weighted by atomic mass is 10.3. The lowest BCUT2D eigenvalue weighted by Gasteiger charge is -2.15. The van der Waals surface area contributed by atoms with Crippen LogP contribution in [0.15, 0.2) is 6.07 Å². The molecule has 7 nitrogen and oxygen atoms in total. The molecule has 116 valence electrons. The van der Waals surface area contributed by atoms with Gasteiger partial charge in [-0.3, -0.25) is 4.79 Å².